The van der Waals surface area contributed by atoms with Crippen molar-refractivity contribution in [3.63, 3.8) is 0 Å². The predicted octanol–water partition coefficient (Wildman–Crippen LogP) is 4.20. The van der Waals surface area contributed by atoms with Crippen LogP contribution in [-0.2, 0) is 12.7 Å². The Morgan fingerprint density at radius 1 is 1.17 bits per heavy atom. The van der Waals surface area contributed by atoms with Crippen molar-refractivity contribution >= 4 is 5.91 Å². The van der Waals surface area contributed by atoms with Crippen LogP contribution in [0.2, 0.25) is 0 Å². The molecular formula is C18H16F3NO2. The van der Waals surface area contributed by atoms with Gasteiger partial charge in [-0.25, -0.2) is 0 Å². The maximum absolute atomic E-state index is 12.7. The second-order valence-corrected chi connectivity index (χ2v) is 5.00. The van der Waals surface area contributed by atoms with Crippen LogP contribution in [0.3, 0.4) is 0 Å². The van der Waals surface area contributed by atoms with Crippen LogP contribution in [0.4, 0.5) is 13.2 Å². The molecule has 6 heteroatoms. The van der Waals surface area contributed by atoms with Crippen LogP contribution >= 0.6 is 0 Å². The van der Waals surface area contributed by atoms with Gasteiger partial charge in [-0.05, 0) is 42.0 Å². The summed E-state index contributed by atoms with van der Waals surface area (Å²) < 4.78 is 43.3. The topological polar surface area (TPSA) is 38.3 Å². The van der Waals surface area contributed by atoms with Gasteiger partial charge in [-0.1, -0.05) is 24.8 Å². The van der Waals surface area contributed by atoms with Crippen molar-refractivity contribution in [1.29, 1.82) is 0 Å². The van der Waals surface area contributed by atoms with Crippen molar-refractivity contribution in [3.05, 3.63) is 77.9 Å². The lowest BCUT2D eigenvalue weighted by Crippen LogP contribution is -2.23. The predicted molar refractivity (Wildman–Crippen MR) is 84.7 cm³/mol. The highest BCUT2D eigenvalue weighted by Crippen LogP contribution is 2.29. The zero-order valence-corrected chi connectivity index (χ0v) is 12.8. The molecule has 0 radical (unpaired) electrons. The summed E-state index contributed by atoms with van der Waals surface area (Å²) in [6, 6.07) is 11.3. The van der Waals surface area contributed by atoms with Gasteiger partial charge >= 0.3 is 6.18 Å². The van der Waals surface area contributed by atoms with E-state index < -0.39 is 11.7 Å². The number of benzene rings is 2. The van der Waals surface area contributed by atoms with Gasteiger partial charge in [-0.3, -0.25) is 4.79 Å². The highest BCUT2D eigenvalue weighted by atomic mass is 19.4. The molecule has 0 aliphatic heterocycles. The summed E-state index contributed by atoms with van der Waals surface area (Å²) in [4.78, 5) is 12.0. The fraction of sp³-hybridized carbons (Fsp3) is 0.167. The molecule has 0 bridgehead atoms. The smallest absolute Gasteiger partial charge is 0.416 e. The van der Waals surface area contributed by atoms with Crippen LogP contribution in [-0.4, -0.2) is 12.5 Å². The van der Waals surface area contributed by atoms with E-state index in [0.29, 0.717) is 23.5 Å². The van der Waals surface area contributed by atoms with Crippen LogP contribution in [0, 0.1) is 0 Å². The molecule has 0 aromatic heterocycles. The molecule has 0 saturated heterocycles. The summed E-state index contributed by atoms with van der Waals surface area (Å²) in [5.74, 6) is 0.229. The maximum Gasteiger partial charge on any atom is 0.416 e. The SMILES string of the molecule is C=CCOc1ccc(C(=O)NCc2cccc(C(F)(F)F)c2)cc1. The minimum Gasteiger partial charge on any atom is -0.490 e. The Morgan fingerprint density at radius 2 is 1.88 bits per heavy atom. The Hall–Kier alpha value is -2.76. The molecule has 0 saturated carbocycles. The first-order chi connectivity index (χ1) is 11.4. The second-order valence-electron chi connectivity index (χ2n) is 5.00. The highest BCUT2D eigenvalue weighted by molar-refractivity contribution is 5.94. The Bertz CT molecular complexity index is 709. The summed E-state index contributed by atoms with van der Waals surface area (Å²) >= 11 is 0. The van der Waals surface area contributed by atoms with Crippen LogP contribution in [0.25, 0.3) is 0 Å². The molecule has 2 rings (SSSR count). The van der Waals surface area contributed by atoms with E-state index in [1.807, 2.05) is 0 Å². The molecule has 2 aromatic rings. The fourth-order valence-electron chi connectivity index (χ4n) is 2.00. The van der Waals surface area contributed by atoms with Crippen LogP contribution < -0.4 is 10.1 Å². The van der Waals surface area contributed by atoms with E-state index in [2.05, 4.69) is 11.9 Å². The van der Waals surface area contributed by atoms with Crippen LogP contribution in [0.15, 0.2) is 61.2 Å². The number of ether oxygens (including phenoxy) is 1. The van der Waals surface area contributed by atoms with Gasteiger partial charge in [0.2, 0.25) is 0 Å². The fourth-order valence-corrected chi connectivity index (χ4v) is 2.00. The minimum absolute atomic E-state index is 0.0114. The number of nitrogens with one attached hydrogen (secondary N) is 1. The molecule has 1 amide bonds. The Labute approximate surface area is 137 Å². The first-order valence-electron chi connectivity index (χ1n) is 7.18. The van der Waals surface area contributed by atoms with Gasteiger partial charge in [0.05, 0.1) is 5.56 Å². The number of alkyl halides is 3. The van der Waals surface area contributed by atoms with E-state index in [4.69, 9.17) is 4.74 Å². The van der Waals surface area contributed by atoms with Gasteiger partial charge in [0.1, 0.15) is 12.4 Å². The van der Waals surface area contributed by atoms with E-state index in [0.717, 1.165) is 12.1 Å². The van der Waals surface area contributed by atoms with Crippen molar-refractivity contribution in [2.24, 2.45) is 0 Å². The maximum atomic E-state index is 12.7. The van der Waals surface area contributed by atoms with E-state index in [1.165, 1.54) is 12.1 Å². The van der Waals surface area contributed by atoms with Gasteiger partial charge in [0.25, 0.3) is 5.91 Å². The van der Waals surface area contributed by atoms with Crippen molar-refractivity contribution in [3.8, 4) is 5.75 Å². The molecule has 0 aliphatic rings. The number of rotatable bonds is 6. The van der Waals surface area contributed by atoms with E-state index >= 15 is 0 Å². The van der Waals surface area contributed by atoms with Crippen molar-refractivity contribution < 1.29 is 22.7 Å². The molecular weight excluding hydrogens is 319 g/mol. The third-order valence-electron chi connectivity index (χ3n) is 3.19. The van der Waals surface area contributed by atoms with Gasteiger partial charge in [0.15, 0.2) is 0 Å². The monoisotopic (exact) mass is 335 g/mol. The van der Waals surface area contributed by atoms with Crippen molar-refractivity contribution in [2.45, 2.75) is 12.7 Å². The third kappa shape index (κ3) is 4.87. The molecule has 0 unspecified atom stereocenters. The third-order valence-corrected chi connectivity index (χ3v) is 3.19. The average Bonchev–Trinajstić information content (AvgIpc) is 2.58. The zero-order chi connectivity index (χ0) is 17.6. The molecule has 0 aliphatic carbocycles. The van der Waals surface area contributed by atoms with Crippen molar-refractivity contribution in [2.75, 3.05) is 6.61 Å². The highest BCUT2D eigenvalue weighted by Gasteiger charge is 2.30. The number of hydrogen-bond donors (Lipinski definition) is 1. The summed E-state index contributed by atoms with van der Waals surface area (Å²) in [6.45, 7) is 3.91. The largest absolute Gasteiger partial charge is 0.490 e. The van der Waals surface area contributed by atoms with Crippen LogP contribution in [0.1, 0.15) is 21.5 Å². The van der Waals surface area contributed by atoms with Gasteiger partial charge in [0, 0.05) is 12.1 Å². The average molecular weight is 335 g/mol. The number of amides is 1. The quantitative estimate of drug-likeness (QED) is 0.804. The van der Waals surface area contributed by atoms with Gasteiger partial charge in [-0.2, -0.15) is 13.2 Å². The Morgan fingerprint density at radius 3 is 2.50 bits per heavy atom. The molecule has 0 heterocycles. The lowest BCUT2D eigenvalue weighted by Gasteiger charge is -2.10. The lowest BCUT2D eigenvalue weighted by atomic mass is 10.1. The van der Waals surface area contributed by atoms with E-state index in [9.17, 15) is 18.0 Å². The summed E-state index contributed by atoms with van der Waals surface area (Å²) in [5, 5.41) is 2.59. The summed E-state index contributed by atoms with van der Waals surface area (Å²) in [5.41, 5.74) is 0.0370. The second kappa shape index (κ2) is 7.68. The number of carbonyl (C=O) groups is 1. The van der Waals surface area contributed by atoms with Gasteiger partial charge < -0.3 is 10.1 Å². The minimum atomic E-state index is -4.40. The summed E-state index contributed by atoms with van der Waals surface area (Å²) in [6.07, 6.45) is -2.79. The molecule has 2 aromatic carbocycles. The zero-order valence-electron chi connectivity index (χ0n) is 12.8. The van der Waals surface area contributed by atoms with Gasteiger partial charge in [-0.15, -0.1) is 0 Å². The standard InChI is InChI=1S/C18H16F3NO2/c1-2-10-24-16-8-6-14(7-9-16)17(23)22-12-13-4-3-5-15(11-13)18(19,20)21/h2-9,11H,1,10,12H2,(H,22,23). The molecule has 0 atom stereocenters. The molecule has 0 spiro atoms. The first-order valence-corrected chi connectivity index (χ1v) is 7.18. The van der Waals surface area contributed by atoms with E-state index in [1.54, 1.807) is 30.3 Å². The molecule has 126 valence electrons. The number of carbonyl (C=O) groups excluding carboxylic acids is 1. The number of halogens is 3. The molecule has 3 nitrogen and oxygen atoms in total. The molecule has 1 N–H and O–H groups in total. The lowest BCUT2D eigenvalue weighted by molar-refractivity contribution is -0.137. The van der Waals surface area contributed by atoms with Crippen molar-refractivity contribution in [1.82, 2.24) is 5.32 Å². The normalized spacial score (nSPS) is 11.0. The van der Waals surface area contributed by atoms with E-state index in [-0.39, 0.29) is 12.5 Å². The Balaban J connectivity index is 1.97. The first kappa shape index (κ1) is 17.6. The number of hydrogen-bond acceptors (Lipinski definition) is 2. The summed E-state index contributed by atoms with van der Waals surface area (Å²) in [7, 11) is 0. The Kier molecular flexibility index (Phi) is 5.63. The van der Waals surface area contributed by atoms with Crippen LogP contribution in [0.5, 0.6) is 5.75 Å². The molecule has 24 heavy (non-hydrogen) atoms. The molecule has 0 fully saturated rings.